The van der Waals surface area contributed by atoms with E-state index in [0.717, 1.165) is 11.3 Å². The molecular formula is C3H5N3O2S. The van der Waals surface area contributed by atoms with Gasteiger partial charge in [0.2, 0.25) is 5.00 Å². The Bertz CT molecular complexity index is 199. The van der Waals surface area contributed by atoms with Crippen LogP contribution in [0.1, 0.15) is 0 Å². The zero-order valence-electron chi connectivity index (χ0n) is 4.37. The first-order valence-electron chi connectivity index (χ1n) is 2.15. The second kappa shape index (κ2) is 2.28. The number of nitrogens with two attached hydrogens (primary N) is 1. The van der Waals surface area contributed by atoms with Crippen LogP contribution in [0.25, 0.3) is 0 Å². The minimum atomic E-state index is -0.982. The molecule has 0 bridgehead atoms. The lowest BCUT2D eigenvalue weighted by atomic mass is 10.9. The van der Waals surface area contributed by atoms with Gasteiger partial charge in [-0.1, -0.05) is 0 Å². The van der Waals surface area contributed by atoms with Crippen molar-refractivity contribution in [2.45, 2.75) is 0 Å². The Balaban J connectivity index is 2.85. The number of anilines is 1. The molecule has 1 aromatic heterocycles. The maximum absolute atomic E-state index is 10.1. The molecule has 1 atom stereocenters. The van der Waals surface area contributed by atoms with E-state index in [1.807, 2.05) is 0 Å². The van der Waals surface area contributed by atoms with Crippen LogP contribution in [0.5, 0.6) is 0 Å². The third kappa shape index (κ3) is 1.36. The molecule has 0 amide bonds. The fraction of sp³-hybridized carbons (Fsp3) is 0. The topological polar surface area (TPSA) is 86.6 Å². The Morgan fingerprint density at radius 3 is 2.78 bits per heavy atom. The highest BCUT2D eigenvalue weighted by atomic mass is 32.1. The summed E-state index contributed by atoms with van der Waals surface area (Å²) in [7, 11) is 0. The van der Waals surface area contributed by atoms with E-state index in [2.05, 4.69) is 4.98 Å². The first-order chi connectivity index (χ1) is 4.20. The molecule has 0 spiro atoms. The number of hydrogen-bond donors (Lipinski definition) is 3. The number of rotatable bonds is 1. The van der Waals surface area contributed by atoms with Crippen LogP contribution >= 0.6 is 11.3 Å². The number of nitrogen functional groups attached to an aromatic ring is 1. The monoisotopic (exact) mass is 147 g/mol. The summed E-state index contributed by atoms with van der Waals surface area (Å²) in [5, 5.41) is 17.9. The van der Waals surface area contributed by atoms with Crippen molar-refractivity contribution in [3.05, 3.63) is 11.4 Å². The summed E-state index contributed by atoms with van der Waals surface area (Å²) in [6.07, 6.45) is 1.24. The third-order valence-electron chi connectivity index (χ3n) is 0.734. The van der Waals surface area contributed by atoms with E-state index in [1.165, 1.54) is 6.20 Å². The minimum Gasteiger partial charge on any atom is -0.594 e. The molecule has 0 saturated carbocycles. The summed E-state index contributed by atoms with van der Waals surface area (Å²) in [5.41, 5.74) is 5.16. The molecule has 4 N–H and O–H groups in total. The minimum absolute atomic E-state index is 0.174. The van der Waals surface area contributed by atoms with Gasteiger partial charge >= 0.3 is 0 Å². The van der Waals surface area contributed by atoms with E-state index in [0.29, 0.717) is 0 Å². The van der Waals surface area contributed by atoms with Crippen LogP contribution in [0.15, 0.2) is 6.20 Å². The first-order valence-corrected chi connectivity index (χ1v) is 2.96. The Morgan fingerprint density at radius 2 is 2.56 bits per heavy atom. The summed E-state index contributed by atoms with van der Waals surface area (Å²) in [6, 6.07) is 0. The maximum atomic E-state index is 10.1. The Kier molecular flexibility index (Phi) is 1.63. The van der Waals surface area contributed by atoms with Crippen molar-refractivity contribution in [2.24, 2.45) is 0 Å². The molecular weight excluding hydrogens is 142 g/mol. The lowest BCUT2D eigenvalue weighted by molar-refractivity contribution is -0.989. The van der Waals surface area contributed by atoms with E-state index in [1.54, 1.807) is 0 Å². The van der Waals surface area contributed by atoms with Crippen LogP contribution in [0.3, 0.4) is 0 Å². The molecule has 0 saturated heterocycles. The van der Waals surface area contributed by atoms with Crippen molar-refractivity contribution in [1.29, 1.82) is 0 Å². The molecule has 50 valence electrons. The number of hydrogen-bond acceptors (Lipinski definition) is 5. The molecule has 5 nitrogen and oxygen atoms in total. The second-order valence-corrected chi connectivity index (χ2v) is 2.43. The van der Waals surface area contributed by atoms with Crippen molar-refractivity contribution in [3.8, 4) is 0 Å². The van der Waals surface area contributed by atoms with Gasteiger partial charge in [-0.15, -0.1) is 0 Å². The number of nitrogens with zero attached hydrogens (tertiary/aromatic N) is 1. The lowest BCUT2D eigenvalue weighted by Gasteiger charge is -2.05. The highest BCUT2D eigenvalue weighted by Crippen LogP contribution is 2.14. The van der Waals surface area contributed by atoms with Gasteiger partial charge in [-0.2, -0.15) is 5.23 Å². The average Bonchev–Trinajstić information content (AvgIpc) is 2.14. The van der Waals surface area contributed by atoms with Crippen LogP contribution < -0.4 is 11.0 Å². The number of aromatic nitrogens is 1. The molecule has 0 radical (unpaired) electrons. The predicted molar refractivity (Wildman–Crippen MR) is 32.3 cm³/mol. The highest BCUT2D eigenvalue weighted by molar-refractivity contribution is 7.18. The number of quaternary nitrogens is 1. The molecule has 1 heterocycles. The second-order valence-electron chi connectivity index (χ2n) is 1.37. The summed E-state index contributed by atoms with van der Waals surface area (Å²) >= 11 is 0.963. The van der Waals surface area contributed by atoms with Gasteiger partial charge < -0.3 is 10.9 Å². The van der Waals surface area contributed by atoms with E-state index in [9.17, 15) is 5.21 Å². The molecule has 0 aliphatic heterocycles. The van der Waals surface area contributed by atoms with Crippen molar-refractivity contribution in [1.82, 2.24) is 4.98 Å². The SMILES string of the molecule is Nc1ncc([NH+]([O-])O)s1. The molecule has 9 heavy (non-hydrogen) atoms. The number of nitrogens with one attached hydrogen (secondary N) is 1. The van der Waals surface area contributed by atoms with Crippen molar-refractivity contribution in [2.75, 3.05) is 5.73 Å². The lowest BCUT2D eigenvalue weighted by Crippen LogP contribution is -2.98. The van der Waals surface area contributed by atoms with Crippen LogP contribution in [-0.4, -0.2) is 10.2 Å². The average molecular weight is 147 g/mol. The van der Waals surface area contributed by atoms with Gasteiger partial charge in [0.25, 0.3) is 0 Å². The van der Waals surface area contributed by atoms with Crippen LogP contribution in [0.2, 0.25) is 0 Å². The van der Waals surface area contributed by atoms with Gasteiger partial charge in [-0.25, -0.2) is 10.2 Å². The highest BCUT2D eigenvalue weighted by Gasteiger charge is 2.02. The molecule has 0 aliphatic rings. The third-order valence-corrected chi connectivity index (χ3v) is 1.55. The molecule has 0 aliphatic carbocycles. The fourth-order valence-electron chi connectivity index (χ4n) is 0.386. The normalized spacial score (nSPS) is 13.6. The van der Waals surface area contributed by atoms with Crippen molar-refractivity contribution in [3.63, 3.8) is 0 Å². The standard InChI is InChI=1S/C3H5N3O2S/c4-3-5-1-2(9-3)6(7)8/h1,6-7H,(H2,4,5). The molecule has 1 rings (SSSR count). The summed E-state index contributed by atoms with van der Waals surface area (Å²) in [6.45, 7) is 0. The summed E-state index contributed by atoms with van der Waals surface area (Å²) in [4.78, 5) is 3.55. The zero-order chi connectivity index (χ0) is 6.85. The predicted octanol–water partition coefficient (Wildman–Crippen LogP) is -0.871. The van der Waals surface area contributed by atoms with Gasteiger partial charge in [0, 0.05) is 0 Å². The molecule has 1 aromatic rings. The van der Waals surface area contributed by atoms with Gasteiger partial charge in [0.15, 0.2) is 5.13 Å². The van der Waals surface area contributed by atoms with E-state index in [-0.39, 0.29) is 10.1 Å². The van der Waals surface area contributed by atoms with Gasteiger partial charge in [-0.05, 0) is 11.3 Å². The zero-order valence-corrected chi connectivity index (χ0v) is 5.18. The molecule has 1 unspecified atom stereocenters. The Morgan fingerprint density at radius 1 is 1.89 bits per heavy atom. The van der Waals surface area contributed by atoms with Crippen molar-refractivity contribution >= 4 is 21.5 Å². The summed E-state index contributed by atoms with van der Waals surface area (Å²) < 4.78 is 0. The Hall–Kier alpha value is -0.690. The Labute approximate surface area is 54.9 Å². The van der Waals surface area contributed by atoms with Crippen LogP contribution in [0, 0.1) is 5.21 Å². The van der Waals surface area contributed by atoms with Gasteiger partial charge in [-0.3, -0.25) is 0 Å². The first kappa shape index (κ1) is 6.43. The van der Waals surface area contributed by atoms with Crippen LogP contribution in [-0.2, 0) is 0 Å². The fourth-order valence-corrected chi connectivity index (χ4v) is 0.910. The van der Waals surface area contributed by atoms with E-state index >= 15 is 0 Å². The summed E-state index contributed by atoms with van der Waals surface area (Å²) in [5.74, 6) is 0. The molecule has 6 heteroatoms. The van der Waals surface area contributed by atoms with E-state index in [4.69, 9.17) is 10.9 Å². The quantitative estimate of drug-likeness (QED) is 0.450. The number of thiazole rings is 1. The molecule has 0 fully saturated rings. The largest absolute Gasteiger partial charge is 0.594 e. The van der Waals surface area contributed by atoms with Crippen LogP contribution in [0.4, 0.5) is 10.1 Å². The maximum Gasteiger partial charge on any atom is 0.241 e. The van der Waals surface area contributed by atoms with Crippen molar-refractivity contribution < 1.29 is 10.4 Å². The molecule has 0 aromatic carbocycles. The van der Waals surface area contributed by atoms with E-state index < -0.39 is 5.23 Å². The smallest absolute Gasteiger partial charge is 0.241 e. The van der Waals surface area contributed by atoms with Gasteiger partial charge in [0.05, 0.1) is 0 Å². The van der Waals surface area contributed by atoms with Gasteiger partial charge in [0.1, 0.15) is 6.20 Å².